The fraction of sp³-hybridized carbons (Fsp3) is 0.0312. The molecule has 38 heavy (non-hydrogen) atoms. The standard InChI is InChI=1S/C32H24N4O2/c1-21-7-6-11-26(17-21)36-30(25-14-13-22-8-2-3-10-24(22)18-25)19-29(35-36)32(38)34-33-20-28-27-12-5-4-9-23(27)15-16-31(28)37/h2-20,37H,1H3,(H,34,38)/b33-20-. The maximum absolute atomic E-state index is 13.1. The predicted octanol–water partition coefficient (Wildman–Crippen LogP) is 6.62. The van der Waals surface area contributed by atoms with Crippen LogP contribution in [0.1, 0.15) is 21.6 Å². The van der Waals surface area contributed by atoms with Crippen molar-refractivity contribution in [1.29, 1.82) is 0 Å². The quantitative estimate of drug-likeness (QED) is 0.208. The minimum absolute atomic E-state index is 0.0871. The van der Waals surface area contributed by atoms with Crippen molar-refractivity contribution in [2.75, 3.05) is 0 Å². The number of aryl methyl sites for hydroxylation is 1. The van der Waals surface area contributed by atoms with Crippen LogP contribution in [0.25, 0.3) is 38.5 Å². The summed E-state index contributed by atoms with van der Waals surface area (Å²) in [5, 5.41) is 23.2. The van der Waals surface area contributed by atoms with E-state index in [-0.39, 0.29) is 11.4 Å². The van der Waals surface area contributed by atoms with E-state index < -0.39 is 5.91 Å². The molecule has 0 aliphatic rings. The molecule has 0 saturated carbocycles. The Morgan fingerprint density at radius 3 is 2.45 bits per heavy atom. The molecule has 6 nitrogen and oxygen atoms in total. The molecule has 5 aromatic carbocycles. The minimum atomic E-state index is -0.450. The molecule has 0 aliphatic heterocycles. The highest BCUT2D eigenvalue weighted by atomic mass is 16.3. The second kappa shape index (κ2) is 9.67. The van der Waals surface area contributed by atoms with Crippen LogP contribution >= 0.6 is 0 Å². The molecule has 0 aliphatic carbocycles. The van der Waals surface area contributed by atoms with E-state index in [1.807, 2.05) is 79.7 Å². The summed E-state index contributed by atoms with van der Waals surface area (Å²) in [6.07, 6.45) is 1.46. The van der Waals surface area contributed by atoms with Crippen LogP contribution in [0, 0.1) is 6.92 Å². The Bertz CT molecular complexity index is 1850. The number of hydrogen-bond donors (Lipinski definition) is 2. The first-order valence-corrected chi connectivity index (χ1v) is 12.3. The number of rotatable bonds is 5. The average Bonchev–Trinajstić information content (AvgIpc) is 3.40. The van der Waals surface area contributed by atoms with Crippen molar-refractivity contribution in [1.82, 2.24) is 15.2 Å². The highest BCUT2D eigenvalue weighted by Crippen LogP contribution is 2.28. The lowest BCUT2D eigenvalue weighted by atomic mass is 10.0. The number of phenolic OH excluding ortho intramolecular Hbond substituents is 1. The predicted molar refractivity (Wildman–Crippen MR) is 152 cm³/mol. The number of nitrogens with one attached hydrogen (secondary N) is 1. The Labute approximate surface area is 219 Å². The molecule has 0 spiro atoms. The zero-order chi connectivity index (χ0) is 26.1. The Morgan fingerprint density at radius 2 is 1.61 bits per heavy atom. The number of amides is 1. The van der Waals surface area contributed by atoms with Gasteiger partial charge < -0.3 is 5.11 Å². The summed E-state index contributed by atoms with van der Waals surface area (Å²) in [5.74, 6) is -0.363. The number of carbonyl (C=O) groups excluding carboxylic acids is 1. The highest BCUT2D eigenvalue weighted by Gasteiger charge is 2.17. The lowest BCUT2D eigenvalue weighted by Gasteiger charge is -2.09. The van der Waals surface area contributed by atoms with Gasteiger partial charge in [-0.1, -0.05) is 78.9 Å². The lowest BCUT2D eigenvalue weighted by molar-refractivity contribution is 0.0949. The van der Waals surface area contributed by atoms with Gasteiger partial charge in [0.15, 0.2) is 5.69 Å². The van der Waals surface area contributed by atoms with Crippen molar-refractivity contribution in [3.8, 4) is 22.7 Å². The molecule has 0 unspecified atom stereocenters. The van der Waals surface area contributed by atoms with Crippen LogP contribution in [-0.2, 0) is 0 Å². The minimum Gasteiger partial charge on any atom is -0.507 e. The Morgan fingerprint density at radius 1 is 0.842 bits per heavy atom. The normalized spacial score (nSPS) is 11.4. The van der Waals surface area contributed by atoms with Gasteiger partial charge in [0.25, 0.3) is 5.91 Å². The van der Waals surface area contributed by atoms with E-state index in [9.17, 15) is 9.90 Å². The summed E-state index contributed by atoms with van der Waals surface area (Å²) in [5.41, 5.74) is 7.02. The Hall–Kier alpha value is -5.23. The van der Waals surface area contributed by atoms with Gasteiger partial charge in [-0.2, -0.15) is 10.2 Å². The van der Waals surface area contributed by atoms with Crippen molar-refractivity contribution < 1.29 is 9.90 Å². The van der Waals surface area contributed by atoms with Crippen LogP contribution in [-0.4, -0.2) is 27.0 Å². The van der Waals surface area contributed by atoms with Crippen molar-refractivity contribution >= 4 is 33.7 Å². The summed E-state index contributed by atoms with van der Waals surface area (Å²) in [7, 11) is 0. The van der Waals surface area contributed by atoms with E-state index >= 15 is 0 Å². The average molecular weight is 497 g/mol. The summed E-state index contributed by atoms with van der Waals surface area (Å²) < 4.78 is 1.78. The van der Waals surface area contributed by atoms with Crippen LogP contribution in [0.3, 0.4) is 0 Å². The van der Waals surface area contributed by atoms with Crippen molar-refractivity contribution in [2.45, 2.75) is 6.92 Å². The first kappa shape index (κ1) is 23.2. The molecule has 2 N–H and O–H groups in total. The zero-order valence-electron chi connectivity index (χ0n) is 20.7. The number of aromatic nitrogens is 2. The largest absolute Gasteiger partial charge is 0.507 e. The molecule has 0 saturated heterocycles. The lowest BCUT2D eigenvalue weighted by Crippen LogP contribution is -2.18. The number of hydrazone groups is 1. The topological polar surface area (TPSA) is 79.5 Å². The molecule has 6 rings (SSSR count). The number of benzene rings is 5. The Kier molecular flexibility index (Phi) is 5.90. The van der Waals surface area contributed by atoms with E-state index in [2.05, 4.69) is 39.9 Å². The van der Waals surface area contributed by atoms with E-state index in [4.69, 9.17) is 0 Å². The zero-order valence-corrected chi connectivity index (χ0v) is 20.7. The van der Waals surface area contributed by atoms with Gasteiger partial charge in [-0.15, -0.1) is 0 Å². The Balaban J connectivity index is 1.36. The third kappa shape index (κ3) is 4.40. The third-order valence-corrected chi connectivity index (χ3v) is 6.54. The highest BCUT2D eigenvalue weighted by molar-refractivity contribution is 6.03. The second-order valence-electron chi connectivity index (χ2n) is 9.15. The van der Waals surface area contributed by atoms with Gasteiger partial charge in [0, 0.05) is 11.1 Å². The number of fused-ring (bicyclic) bond motifs is 2. The molecular formula is C32H24N4O2. The van der Waals surface area contributed by atoms with E-state index in [1.54, 1.807) is 16.8 Å². The maximum Gasteiger partial charge on any atom is 0.291 e. The molecule has 0 radical (unpaired) electrons. The third-order valence-electron chi connectivity index (χ3n) is 6.54. The molecule has 0 bridgehead atoms. The van der Waals surface area contributed by atoms with E-state index in [0.29, 0.717) is 5.56 Å². The first-order chi connectivity index (χ1) is 18.6. The fourth-order valence-corrected chi connectivity index (χ4v) is 4.64. The molecule has 184 valence electrons. The van der Waals surface area contributed by atoms with Crippen molar-refractivity contribution in [3.05, 3.63) is 126 Å². The van der Waals surface area contributed by atoms with Crippen molar-refractivity contribution in [3.63, 3.8) is 0 Å². The van der Waals surface area contributed by atoms with Gasteiger partial charge in [-0.05, 0) is 64.4 Å². The number of carbonyl (C=O) groups is 1. The van der Waals surface area contributed by atoms with E-state index in [1.165, 1.54) is 6.21 Å². The van der Waals surface area contributed by atoms with Gasteiger partial charge in [-0.25, -0.2) is 10.1 Å². The summed E-state index contributed by atoms with van der Waals surface area (Å²) >= 11 is 0. The number of phenols is 1. The van der Waals surface area contributed by atoms with Gasteiger partial charge in [0.1, 0.15) is 5.75 Å². The monoisotopic (exact) mass is 496 g/mol. The van der Waals surface area contributed by atoms with Crippen molar-refractivity contribution in [2.24, 2.45) is 5.10 Å². The van der Waals surface area contributed by atoms with E-state index in [0.717, 1.165) is 44.1 Å². The first-order valence-electron chi connectivity index (χ1n) is 12.3. The van der Waals surface area contributed by atoms with Gasteiger partial charge in [0.05, 0.1) is 17.6 Å². The van der Waals surface area contributed by atoms with Crippen LogP contribution < -0.4 is 5.43 Å². The van der Waals surface area contributed by atoms with Crippen LogP contribution in [0.2, 0.25) is 0 Å². The molecule has 0 fully saturated rings. The molecule has 6 heteroatoms. The van der Waals surface area contributed by atoms with Crippen LogP contribution in [0.15, 0.2) is 114 Å². The van der Waals surface area contributed by atoms with Gasteiger partial charge in [-0.3, -0.25) is 4.79 Å². The summed E-state index contributed by atoms with van der Waals surface area (Å²) in [6, 6.07) is 35.3. The number of aromatic hydroxyl groups is 1. The molecule has 6 aromatic rings. The number of hydrogen-bond acceptors (Lipinski definition) is 4. The van der Waals surface area contributed by atoms with Gasteiger partial charge in [0.2, 0.25) is 0 Å². The smallest absolute Gasteiger partial charge is 0.291 e. The molecule has 1 amide bonds. The molecule has 1 aromatic heterocycles. The molecule has 0 atom stereocenters. The van der Waals surface area contributed by atoms with Crippen LogP contribution in [0.4, 0.5) is 0 Å². The molecule has 1 heterocycles. The molecular weight excluding hydrogens is 472 g/mol. The maximum atomic E-state index is 13.1. The summed E-state index contributed by atoms with van der Waals surface area (Å²) in [6.45, 7) is 2.02. The van der Waals surface area contributed by atoms with Crippen LogP contribution in [0.5, 0.6) is 5.75 Å². The van der Waals surface area contributed by atoms with Gasteiger partial charge >= 0.3 is 0 Å². The fourth-order valence-electron chi connectivity index (χ4n) is 4.64. The SMILES string of the molecule is Cc1cccc(-n2nc(C(=O)N/N=C\c3c(O)ccc4ccccc34)cc2-c2ccc3ccccc3c2)c1. The summed E-state index contributed by atoms with van der Waals surface area (Å²) in [4.78, 5) is 13.1. The second-order valence-corrected chi connectivity index (χ2v) is 9.15. The number of nitrogens with zero attached hydrogens (tertiary/aromatic N) is 3.